The number of carbonyl (C=O) groups is 3. The van der Waals surface area contributed by atoms with E-state index in [4.69, 9.17) is 0 Å². The van der Waals surface area contributed by atoms with Crippen LogP contribution >= 0.6 is 0 Å². The van der Waals surface area contributed by atoms with Gasteiger partial charge in [-0.3, -0.25) is 14.4 Å². The molecule has 1 aromatic heterocycles. The van der Waals surface area contributed by atoms with Gasteiger partial charge < -0.3 is 14.8 Å². The van der Waals surface area contributed by atoms with Crippen LogP contribution in [0.3, 0.4) is 0 Å². The summed E-state index contributed by atoms with van der Waals surface area (Å²) < 4.78 is 37.9. The molecule has 3 rings (SSSR count). The predicted octanol–water partition coefficient (Wildman–Crippen LogP) is 2.83. The van der Waals surface area contributed by atoms with E-state index in [1.165, 1.54) is 24.1 Å². The highest BCUT2D eigenvalue weighted by molar-refractivity contribution is 5.99. The molecule has 148 valence electrons. The van der Waals surface area contributed by atoms with Crippen molar-refractivity contribution >= 4 is 17.6 Å². The molecule has 1 fully saturated rings. The molecule has 6 nitrogen and oxygen atoms in total. The lowest BCUT2D eigenvalue weighted by Crippen LogP contribution is -2.50. The molecular formula is C19H18F3N3O3. The standard InChI is InChI=1S/C19H18F3N3O3/c1-12(26)14-10-16(23-11-14)18(28)25-8-6-24(7-9-25)17(27)13-2-4-15(5-3-13)19(20,21)22/h2-5,10-11,23H,6-9H2,1H3. The average Bonchev–Trinajstić information content (AvgIpc) is 3.17. The summed E-state index contributed by atoms with van der Waals surface area (Å²) in [6, 6.07) is 5.57. The Morgan fingerprint density at radius 2 is 1.43 bits per heavy atom. The molecule has 1 aromatic carbocycles. The van der Waals surface area contributed by atoms with Gasteiger partial charge in [-0.05, 0) is 37.3 Å². The van der Waals surface area contributed by atoms with Gasteiger partial charge in [0.15, 0.2) is 5.78 Å². The maximum Gasteiger partial charge on any atom is 0.416 e. The van der Waals surface area contributed by atoms with Gasteiger partial charge in [-0.25, -0.2) is 0 Å². The molecule has 0 bridgehead atoms. The number of Topliss-reactive ketones (excluding diaryl/α,β-unsaturated/α-hetero) is 1. The monoisotopic (exact) mass is 393 g/mol. The topological polar surface area (TPSA) is 73.5 Å². The lowest BCUT2D eigenvalue weighted by Gasteiger charge is -2.34. The first-order chi connectivity index (χ1) is 13.2. The summed E-state index contributed by atoms with van der Waals surface area (Å²) in [4.78, 5) is 42.1. The smallest absolute Gasteiger partial charge is 0.356 e. The van der Waals surface area contributed by atoms with Crippen molar-refractivity contribution in [1.29, 1.82) is 0 Å². The summed E-state index contributed by atoms with van der Waals surface area (Å²) in [7, 11) is 0. The largest absolute Gasteiger partial charge is 0.416 e. The maximum atomic E-state index is 12.6. The highest BCUT2D eigenvalue weighted by Crippen LogP contribution is 2.29. The van der Waals surface area contributed by atoms with Gasteiger partial charge in [-0.1, -0.05) is 0 Å². The lowest BCUT2D eigenvalue weighted by atomic mass is 10.1. The lowest BCUT2D eigenvalue weighted by molar-refractivity contribution is -0.137. The van der Waals surface area contributed by atoms with E-state index in [0.717, 1.165) is 24.3 Å². The number of amides is 2. The highest BCUT2D eigenvalue weighted by atomic mass is 19.4. The van der Waals surface area contributed by atoms with E-state index in [0.29, 0.717) is 24.3 Å². The van der Waals surface area contributed by atoms with Crippen molar-refractivity contribution in [3.8, 4) is 0 Å². The van der Waals surface area contributed by atoms with Crippen molar-refractivity contribution in [2.75, 3.05) is 26.2 Å². The average molecular weight is 393 g/mol. The van der Waals surface area contributed by atoms with E-state index in [1.807, 2.05) is 0 Å². The third kappa shape index (κ3) is 4.08. The van der Waals surface area contributed by atoms with Crippen LogP contribution in [0, 0.1) is 0 Å². The predicted molar refractivity (Wildman–Crippen MR) is 94.0 cm³/mol. The van der Waals surface area contributed by atoms with Crippen LogP contribution in [0.1, 0.15) is 43.7 Å². The summed E-state index contributed by atoms with van der Waals surface area (Å²) in [6.45, 7) is 2.53. The number of carbonyl (C=O) groups excluding carboxylic acids is 3. The second kappa shape index (κ2) is 7.49. The van der Waals surface area contributed by atoms with Gasteiger partial charge in [0, 0.05) is 43.5 Å². The molecule has 1 aliphatic heterocycles. The zero-order chi connectivity index (χ0) is 20.5. The Morgan fingerprint density at radius 1 is 0.893 bits per heavy atom. The Hall–Kier alpha value is -3.10. The van der Waals surface area contributed by atoms with Crippen LogP contribution in [0.15, 0.2) is 36.5 Å². The molecule has 2 heterocycles. The van der Waals surface area contributed by atoms with Gasteiger partial charge in [0.1, 0.15) is 5.69 Å². The van der Waals surface area contributed by atoms with Gasteiger partial charge in [0.25, 0.3) is 11.8 Å². The van der Waals surface area contributed by atoms with Crippen molar-refractivity contribution in [3.63, 3.8) is 0 Å². The van der Waals surface area contributed by atoms with Crippen LogP contribution in [0.25, 0.3) is 0 Å². The second-order valence-corrected chi connectivity index (χ2v) is 6.52. The van der Waals surface area contributed by atoms with Crippen molar-refractivity contribution < 1.29 is 27.6 Å². The highest BCUT2D eigenvalue weighted by Gasteiger charge is 2.31. The molecule has 1 aliphatic rings. The number of piperazine rings is 1. The number of halogens is 3. The van der Waals surface area contributed by atoms with Crippen molar-refractivity contribution in [2.45, 2.75) is 13.1 Å². The summed E-state index contributed by atoms with van der Waals surface area (Å²) in [5.41, 5.74) is 0.0748. The number of aromatic amines is 1. The first kappa shape index (κ1) is 19.7. The number of alkyl halides is 3. The Labute approximate surface area is 158 Å². The molecular weight excluding hydrogens is 375 g/mol. The number of ketones is 1. The van der Waals surface area contributed by atoms with E-state index in [1.54, 1.807) is 4.90 Å². The van der Waals surface area contributed by atoms with Crippen LogP contribution in [0.4, 0.5) is 13.2 Å². The molecule has 1 N–H and O–H groups in total. The van der Waals surface area contributed by atoms with Crippen molar-refractivity contribution in [3.05, 3.63) is 58.9 Å². The van der Waals surface area contributed by atoms with E-state index in [9.17, 15) is 27.6 Å². The molecule has 0 spiro atoms. The van der Waals surface area contributed by atoms with Crippen LogP contribution in [-0.2, 0) is 6.18 Å². The van der Waals surface area contributed by atoms with Gasteiger partial charge in [0.2, 0.25) is 0 Å². The first-order valence-corrected chi connectivity index (χ1v) is 8.62. The third-order valence-electron chi connectivity index (χ3n) is 4.63. The van der Waals surface area contributed by atoms with Crippen LogP contribution in [0.5, 0.6) is 0 Å². The van der Waals surface area contributed by atoms with E-state index in [2.05, 4.69) is 4.98 Å². The fourth-order valence-electron chi connectivity index (χ4n) is 2.99. The zero-order valence-corrected chi connectivity index (χ0v) is 15.0. The van der Waals surface area contributed by atoms with Crippen molar-refractivity contribution in [2.24, 2.45) is 0 Å². The normalized spacial score (nSPS) is 14.9. The Bertz CT molecular complexity index is 895. The van der Waals surface area contributed by atoms with Crippen LogP contribution in [0.2, 0.25) is 0 Å². The molecule has 0 aliphatic carbocycles. The molecule has 0 radical (unpaired) electrons. The fraction of sp³-hybridized carbons (Fsp3) is 0.316. The molecule has 2 amide bonds. The molecule has 0 saturated carbocycles. The number of benzene rings is 1. The molecule has 2 aromatic rings. The maximum absolute atomic E-state index is 12.6. The minimum atomic E-state index is -4.45. The van der Waals surface area contributed by atoms with Crippen LogP contribution in [-0.4, -0.2) is 58.6 Å². The molecule has 28 heavy (non-hydrogen) atoms. The Morgan fingerprint density at radius 3 is 1.89 bits per heavy atom. The number of H-pyrrole nitrogens is 1. The van der Waals surface area contributed by atoms with Gasteiger partial charge in [0.05, 0.1) is 5.56 Å². The summed E-state index contributed by atoms with van der Waals surface area (Å²) in [5.74, 6) is -0.795. The second-order valence-electron chi connectivity index (χ2n) is 6.52. The number of nitrogens with zero attached hydrogens (tertiary/aromatic N) is 2. The molecule has 0 atom stereocenters. The zero-order valence-electron chi connectivity index (χ0n) is 15.0. The minimum absolute atomic E-state index is 0.151. The molecule has 1 saturated heterocycles. The summed E-state index contributed by atoms with van der Waals surface area (Å²) >= 11 is 0. The molecule has 9 heteroatoms. The van der Waals surface area contributed by atoms with E-state index < -0.39 is 11.7 Å². The number of rotatable bonds is 3. The summed E-state index contributed by atoms with van der Waals surface area (Å²) in [5, 5.41) is 0. The Balaban J connectivity index is 1.60. The Kier molecular flexibility index (Phi) is 5.26. The fourth-order valence-corrected chi connectivity index (χ4v) is 2.99. The number of aromatic nitrogens is 1. The minimum Gasteiger partial charge on any atom is -0.356 e. The van der Waals surface area contributed by atoms with E-state index >= 15 is 0 Å². The third-order valence-corrected chi connectivity index (χ3v) is 4.63. The van der Waals surface area contributed by atoms with Gasteiger partial charge in [-0.2, -0.15) is 13.2 Å². The number of hydrogen-bond donors (Lipinski definition) is 1. The van der Waals surface area contributed by atoms with Gasteiger partial charge >= 0.3 is 6.18 Å². The SMILES string of the molecule is CC(=O)c1c[nH]c(C(=O)N2CCN(C(=O)c3ccc(C(F)(F)F)cc3)CC2)c1. The summed E-state index contributed by atoms with van der Waals surface area (Å²) in [6.07, 6.45) is -2.98. The number of nitrogens with one attached hydrogen (secondary N) is 1. The first-order valence-electron chi connectivity index (χ1n) is 8.62. The molecule has 0 unspecified atom stereocenters. The van der Waals surface area contributed by atoms with Gasteiger partial charge in [-0.15, -0.1) is 0 Å². The van der Waals surface area contributed by atoms with Crippen LogP contribution < -0.4 is 0 Å². The number of hydrogen-bond acceptors (Lipinski definition) is 3. The quantitative estimate of drug-likeness (QED) is 0.815. The van der Waals surface area contributed by atoms with E-state index in [-0.39, 0.29) is 36.3 Å². The van der Waals surface area contributed by atoms with Crippen molar-refractivity contribution in [1.82, 2.24) is 14.8 Å².